The Labute approximate surface area is 125 Å². The zero-order valence-electron chi connectivity index (χ0n) is 12.4. The summed E-state index contributed by atoms with van der Waals surface area (Å²) in [5.41, 5.74) is 6.93. The van der Waals surface area contributed by atoms with Gasteiger partial charge in [0.1, 0.15) is 0 Å². The number of carbonyl (C=O) groups is 2. The van der Waals surface area contributed by atoms with Crippen molar-refractivity contribution < 1.29 is 9.59 Å². The van der Waals surface area contributed by atoms with Crippen LogP contribution in [0.5, 0.6) is 0 Å². The highest BCUT2D eigenvalue weighted by Crippen LogP contribution is 2.31. The van der Waals surface area contributed by atoms with Crippen molar-refractivity contribution in [1.82, 2.24) is 5.32 Å². The minimum Gasteiger partial charge on any atom is -0.352 e. The predicted molar refractivity (Wildman–Crippen MR) is 83.0 cm³/mol. The third kappa shape index (κ3) is 3.82. The van der Waals surface area contributed by atoms with Crippen LogP contribution in [0.4, 0.5) is 5.69 Å². The van der Waals surface area contributed by atoms with Gasteiger partial charge >= 0.3 is 0 Å². The monoisotopic (exact) mass is 289 g/mol. The minimum absolute atomic E-state index is 0.0102. The van der Waals surface area contributed by atoms with Crippen LogP contribution < -0.4 is 16.4 Å². The summed E-state index contributed by atoms with van der Waals surface area (Å²) in [4.78, 5) is 24.1. The second-order valence-electron chi connectivity index (χ2n) is 5.46. The summed E-state index contributed by atoms with van der Waals surface area (Å²) in [5, 5.41) is 5.66. The predicted octanol–water partition coefficient (Wildman–Crippen LogP) is 1.75. The molecule has 1 aromatic carbocycles. The second kappa shape index (κ2) is 7.22. The molecular formula is C16H23N3O2. The molecule has 1 fully saturated rings. The van der Waals surface area contributed by atoms with Gasteiger partial charge in [0, 0.05) is 23.7 Å². The lowest BCUT2D eigenvalue weighted by Crippen LogP contribution is -2.30. The van der Waals surface area contributed by atoms with Gasteiger partial charge in [-0.15, -0.1) is 0 Å². The van der Waals surface area contributed by atoms with Crippen molar-refractivity contribution in [3.05, 3.63) is 29.8 Å². The van der Waals surface area contributed by atoms with Crippen molar-refractivity contribution in [2.24, 2.45) is 17.6 Å². The lowest BCUT2D eigenvalue weighted by Gasteiger charge is -2.17. The highest BCUT2D eigenvalue weighted by atomic mass is 16.2. The van der Waals surface area contributed by atoms with E-state index in [0.717, 1.165) is 19.3 Å². The molecule has 21 heavy (non-hydrogen) atoms. The van der Waals surface area contributed by atoms with E-state index in [0.29, 0.717) is 24.3 Å². The van der Waals surface area contributed by atoms with Crippen molar-refractivity contribution >= 4 is 17.5 Å². The molecule has 5 nitrogen and oxygen atoms in total. The van der Waals surface area contributed by atoms with Gasteiger partial charge in [0.25, 0.3) is 5.91 Å². The number of carbonyl (C=O) groups excluding carboxylic acids is 2. The maximum Gasteiger partial charge on any atom is 0.251 e. The van der Waals surface area contributed by atoms with Gasteiger partial charge < -0.3 is 16.4 Å². The van der Waals surface area contributed by atoms with E-state index in [1.54, 1.807) is 24.3 Å². The molecule has 0 aliphatic heterocycles. The van der Waals surface area contributed by atoms with E-state index in [9.17, 15) is 9.59 Å². The first-order valence-corrected chi connectivity index (χ1v) is 7.55. The van der Waals surface area contributed by atoms with E-state index in [-0.39, 0.29) is 23.7 Å². The first-order chi connectivity index (χ1) is 10.2. The average Bonchev–Trinajstić information content (AvgIpc) is 2.96. The Morgan fingerprint density at radius 1 is 1.33 bits per heavy atom. The van der Waals surface area contributed by atoms with Crippen LogP contribution in [0.3, 0.4) is 0 Å². The van der Waals surface area contributed by atoms with Crippen LogP contribution in [0.2, 0.25) is 0 Å². The van der Waals surface area contributed by atoms with Crippen molar-refractivity contribution in [3.8, 4) is 0 Å². The van der Waals surface area contributed by atoms with E-state index in [1.807, 2.05) is 6.92 Å². The van der Waals surface area contributed by atoms with E-state index in [1.165, 1.54) is 0 Å². The molecule has 0 bridgehead atoms. The number of nitrogens with one attached hydrogen (secondary N) is 2. The number of hydrogen-bond acceptors (Lipinski definition) is 3. The molecule has 0 aromatic heterocycles. The van der Waals surface area contributed by atoms with E-state index >= 15 is 0 Å². The number of benzene rings is 1. The lowest BCUT2D eigenvalue weighted by molar-refractivity contribution is -0.120. The molecule has 0 radical (unpaired) electrons. The Bertz CT molecular complexity index is 516. The van der Waals surface area contributed by atoms with Crippen molar-refractivity contribution in [2.75, 3.05) is 18.4 Å². The number of amides is 2. The molecule has 0 spiro atoms. The fourth-order valence-electron chi connectivity index (χ4n) is 2.90. The number of anilines is 1. The van der Waals surface area contributed by atoms with Crippen LogP contribution >= 0.6 is 0 Å². The van der Waals surface area contributed by atoms with Gasteiger partial charge in [-0.25, -0.2) is 0 Å². The summed E-state index contributed by atoms with van der Waals surface area (Å²) in [6.07, 6.45) is 2.97. The summed E-state index contributed by atoms with van der Waals surface area (Å²) < 4.78 is 0. The lowest BCUT2D eigenvalue weighted by atomic mass is 9.95. The molecule has 0 saturated heterocycles. The topological polar surface area (TPSA) is 84.2 Å². The molecule has 4 N–H and O–H groups in total. The SMILES string of the molecule is CCNC(=O)c1cccc(NC(=O)C2CCCC2CN)c1. The molecular weight excluding hydrogens is 266 g/mol. The molecule has 1 aliphatic rings. The summed E-state index contributed by atoms with van der Waals surface area (Å²) in [6.45, 7) is 3.00. The number of nitrogens with two attached hydrogens (primary N) is 1. The molecule has 2 rings (SSSR count). The molecule has 114 valence electrons. The third-order valence-electron chi connectivity index (χ3n) is 4.03. The molecule has 0 heterocycles. The first-order valence-electron chi connectivity index (χ1n) is 7.55. The summed E-state index contributed by atoms with van der Waals surface area (Å²) in [6, 6.07) is 7.01. The highest BCUT2D eigenvalue weighted by Gasteiger charge is 2.31. The van der Waals surface area contributed by atoms with Gasteiger partial charge in [0.15, 0.2) is 0 Å². The average molecular weight is 289 g/mol. The molecule has 1 aliphatic carbocycles. The highest BCUT2D eigenvalue weighted by molar-refractivity contribution is 5.97. The largest absolute Gasteiger partial charge is 0.352 e. The van der Waals surface area contributed by atoms with Gasteiger partial charge in [-0.3, -0.25) is 9.59 Å². The van der Waals surface area contributed by atoms with Crippen LogP contribution in [-0.2, 0) is 4.79 Å². The Hall–Kier alpha value is -1.88. The van der Waals surface area contributed by atoms with E-state index in [4.69, 9.17) is 5.73 Å². The van der Waals surface area contributed by atoms with Gasteiger partial charge in [-0.1, -0.05) is 12.5 Å². The fraction of sp³-hybridized carbons (Fsp3) is 0.500. The fourth-order valence-corrected chi connectivity index (χ4v) is 2.90. The second-order valence-corrected chi connectivity index (χ2v) is 5.46. The first kappa shape index (κ1) is 15.5. The quantitative estimate of drug-likeness (QED) is 0.772. The maximum atomic E-state index is 12.3. The van der Waals surface area contributed by atoms with E-state index in [2.05, 4.69) is 10.6 Å². The summed E-state index contributed by atoms with van der Waals surface area (Å²) >= 11 is 0. The standard InChI is InChI=1S/C16H23N3O2/c1-2-18-15(20)11-5-3-7-13(9-11)19-16(21)14-8-4-6-12(14)10-17/h3,5,7,9,12,14H,2,4,6,8,10,17H2,1H3,(H,18,20)(H,19,21). The normalized spacial score (nSPS) is 21.0. The van der Waals surface area contributed by atoms with Crippen LogP contribution in [0.15, 0.2) is 24.3 Å². The van der Waals surface area contributed by atoms with Crippen LogP contribution in [-0.4, -0.2) is 24.9 Å². The Balaban J connectivity index is 2.04. The maximum absolute atomic E-state index is 12.3. The Morgan fingerprint density at radius 2 is 2.14 bits per heavy atom. The smallest absolute Gasteiger partial charge is 0.251 e. The van der Waals surface area contributed by atoms with Gasteiger partial charge in [-0.2, -0.15) is 0 Å². The van der Waals surface area contributed by atoms with E-state index < -0.39 is 0 Å². The van der Waals surface area contributed by atoms with Crippen LogP contribution in [0.1, 0.15) is 36.5 Å². The molecule has 2 atom stereocenters. The molecule has 2 amide bonds. The molecule has 1 aromatic rings. The minimum atomic E-state index is -0.130. The van der Waals surface area contributed by atoms with Crippen LogP contribution in [0, 0.1) is 11.8 Å². The number of hydrogen-bond donors (Lipinski definition) is 3. The molecule has 5 heteroatoms. The zero-order chi connectivity index (χ0) is 15.2. The molecule has 2 unspecified atom stereocenters. The Morgan fingerprint density at radius 3 is 2.86 bits per heavy atom. The molecule has 1 saturated carbocycles. The zero-order valence-corrected chi connectivity index (χ0v) is 12.4. The third-order valence-corrected chi connectivity index (χ3v) is 4.03. The van der Waals surface area contributed by atoms with Crippen molar-refractivity contribution in [3.63, 3.8) is 0 Å². The van der Waals surface area contributed by atoms with Crippen LogP contribution in [0.25, 0.3) is 0 Å². The van der Waals surface area contributed by atoms with Crippen molar-refractivity contribution in [1.29, 1.82) is 0 Å². The van der Waals surface area contributed by atoms with Crippen molar-refractivity contribution in [2.45, 2.75) is 26.2 Å². The van der Waals surface area contributed by atoms with Gasteiger partial charge in [0.05, 0.1) is 0 Å². The summed E-state index contributed by atoms with van der Waals surface area (Å²) in [5.74, 6) is 0.144. The Kier molecular flexibility index (Phi) is 5.33. The van der Waals surface area contributed by atoms with Gasteiger partial charge in [0.2, 0.25) is 5.91 Å². The summed E-state index contributed by atoms with van der Waals surface area (Å²) in [7, 11) is 0. The number of rotatable bonds is 5. The van der Waals surface area contributed by atoms with Gasteiger partial charge in [-0.05, 0) is 50.4 Å².